The lowest BCUT2D eigenvalue weighted by molar-refractivity contribution is -0.0498. The normalized spacial score (nSPS) is 11.5. The van der Waals surface area contributed by atoms with E-state index < -0.39 is 18.4 Å². The number of alkyl halides is 4. The molecule has 0 bridgehead atoms. The molecule has 32 heavy (non-hydrogen) atoms. The van der Waals surface area contributed by atoms with E-state index in [9.17, 15) is 22.4 Å². The molecule has 0 saturated heterocycles. The van der Waals surface area contributed by atoms with Gasteiger partial charge in [0.05, 0.1) is 18.0 Å². The Morgan fingerprint density at radius 1 is 1.19 bits per heavy atom. The van der Waals surface area contributed by atoms with Gasteiger partial charge in [0.15, 0.2) is 0 Å². The smallest absolute Gasteiger partial charge is 0.387 e. The van der Waals surface area contributed by atoms with Crippen LogP contribution in [0.4, 0.5) is 23.2 Å². The van der Waals surface area contributed by atoms with Crippen molar-refractivity contribution in [1.82, 2.24) is 9.78 Å². The number of amides is 1. The average Bonchev–Trinajstić information content (AvgIpc) is 3.04. The van der Waals surface area contributed by atoms with Gasteiger partial charge >= 0.3 is 6.61 Å². The number of anilines is 1. The third kappa shape index (κ3) is 5.19. The zero-order valence-corrected chi connectivity index (χ0v) is 17.5. The van der Waals surface area contributed by atoms with Crippen LogP contribution in [0.1, 0.15) is 35.5 Å². The first kappa shape index (κ1) is 23.1. The van der Waals surface area contributed by atoms with E-state index in [4.69, 9.17) is 4.74 Å². The van der Waals surface area contributed by atoms with Gasteiger partial charge in [0, 0.05) is 18.2 Å². The number of aryl methyl sites for hydroxylation is 1. The molecule has 170 valence electrons. The fraction of sp³-hybridized carbons (Fsp3) is 0.273. The Balaban J connectivity index is 1.94. The van der Waals surface area contributed by atoms with Crippen LogP contribution < -0.4 is 14.8 Å². The third-order valence-corrected chi connectivity index (χ3v) is 4.46. The van der Waals surface area contributed by atoms with Crippen molar-refractivity contribution >= 4 is 11.6 Å². The van der Waals surface area contributed by atoms with Gasteiger partial charge in [-0.3, -0.25) is 4.79 Å². The van der Waals surface area contributed by atoms with E-state index in [0.717, 1.165) is 6.92 Å². The summed E-state index contributed by atoms with van der Waals surface area (Å²) in [6.45, 7) is 1.36. The minimum Gasteiger partial charge on any atom is -0.477 e. The third-order valence-electron chi connectivity index (χ3n) is 4.46. The van der Waals surface area contributed by atoms with Crippen LogP contribution >= 0.6 is 0 Å². The van der Waals surface area contributed by atoms with Gasteiger partial charge in [-0.05, 0) is 50.2 Å². The van der Waals surface area contributed by atoms with Crippen molar-refractivity contribution in [2.45, 2.75) is 33.3 Å². The predicted octanol–water partition coefficient (Wildman–Crippen LogP) is 5.54. The highest BCUT2D eigenvalue weighted by Gasteiger charge is 2.26. The van der Waals surface area contributed by atoms with Crippen LogP contribution in [0.25, 0.3) is 5.69 Å². The van der Waals surface area contributed by atoms with E-state index in [1.54, 1.807) is 13.8 Å². The highest BCUT2D eigenvalue weighted by atomic mass is 19.3. The fourth-order valence-corrected chi connectivity index (χ4v) is 3.04. The van der Waals surface area contributed by atoms with Crippen LogP contribution in [-0.4, -0.2) is 28.9 Å². The first-order valence-corrected chi connectivity index (χ1v) is 9.67. The summed E-state index contributed by atoms with van der Waals surface area (Å²) in [5.41, 5.74) is 0.852. The maximum absolute atomic E-state index is 13.6. The second-order valence-electron chi connectivity index (χ2n) is 6.91. The Morgan fingerprint density at radius 3 is 2.47 bits per heavy atom. The number of rotatable bonds is 8. The molecule has 0 unspecified atom stereocenters. The molecule has 0 fully saturated rings. The monoisotopic (exact) mass is 451 g/mol. The Hall–Kier alpha value is -3.56. The molecular formula is C22H21F4N3O3. The van der Waals surface area contributed by atoms with Gasteiger partial charge in [-0.15, -0.1) is 0 Å². The fourth-order valence-electron chi connectivity index (χ4n) is 3.04. The van der Waals surface area contributed by atoms with E-state index in [1.165, 1.54) is 53.2 Å². The minimum atomic E-state index is -3.06. The van der Waals surface area contributed by atoms with Gasteiger partial charge in [0.1, 0.15) is 11.3 Å². The number of nitrogens with one attached hydrogen (secondary N) is 1. The van der Waals surface area contributed by atoms with Gasteiger partial charge in [0.2, 0.25) is 5.88 Å². The van der Waals surface area contributed by atoms with E-state index in [0.29, 0.717) is 11.4 Å². The standard InChI is InChI=1S/C22H21F4N3O3/c1-4-31-20-18(19(30)27-15-7-5-6-14(12-15)22(3,25)26)13(2)28-29(20)16-8-10-17(11-9-16)32-21(23)24/h5-12,21H,4H2,1-3H3,(H,27,30). The largest absolute Gasteiger partial charge is 0.477 e. The summed E-state index contributed by atoms with van der Waals surface area (Å²) in [5, 5.41) is 6.93. The zero-order valence-electron chi connectivity index (χ0n) is 17.5. The van der Waals surface area contributed by atoms with Crippen molar-refractivity contribution in [3.8, 4) is 17.3 Å². The SMILES string of the molecule is CCOc1c(C(=O)Nc2cccc(C(C)(F)F)c2)c(C)nn1-c1ccc(OC(F)F)cc1. The van der Waals surface area contributed by atoms with Crippen LogP contribution in [0, 0.1) is 6.92 Å². The molecule has 1 amide bonds. The lowest BCUT2D eigenvalue weighted by Crippen LogP contribution is -2.15. The molecule has 10 heteroatoms. The second kappa shape index (κ2) is 9.29. The van der Waals surface area contributed by atoms with Gasteiger partial charge in [-0.2, -0.15) is 13.9 Å². The number of nitrogens with zero attached hydrogens (tertiary/aromatic N) is 2. The molecule has 2 aromatic carbocycles. The van der Waals surface area contributed by atoms with E-state index in [1.807, 2.05) is 0 Å². The molecule has 0 spiro atoms. The second-order valence-corrected chi connectivity index (χ2v) is 6.91. The summed E-state index contributed by atoms with van der Waals surface area (Å²) in [7, 11) is 0. The number of hydrogen-bond acceptors (Lipinski definition) is 4. The Labute approximate surface area is 181 Å². The summed E-state index contributed by atoms with van der Waals surface area (Å²) in [5.74, 6) is -3.55. The number of ether oxygens (including phenoxy) is 2. The molecule has 0 atom stereocenters. The molecule has 1 heterocycles. The lowest BCUT2D eigenvalue weighted by Gasteiger charge is -2.13. The maximum atomic E-state index is 13.6. The maximum Gasteiger partial charge on any atom is 0.387 e. The van der Waals surface area contributed by atoms with Crippen LogP contribution in [0.15, 0.2) is 48.5 Å². The predicted molar refractivity (Wildman–Crippen MR) is 110 cm³/mol. The van der Waals surface area contributed by atoms with Gasteiger partial charge in [0.25, 0.3) is 11.8 Å². The number of benzene rings is 2. The van der Waals surface area contributed by atoms with Crippen LogP contribution in [0.2, 0.25) is 0 Å². The molecule has 6 nitrogen and oxygen atoms in total. The molecule has 0 aliphatic rings. The number of aromatic nitrogens is 2. The molecule has 0 radical (unpaired) electrons. The Kier molecular flexibility index (Phi) is 6.71. The zero-order chi connectivity index (χ0) is 23.5. The molecule has 3 rings (SSSR count). The highest BCUT2D eigenvalue weighted by molar-refractivity contribution is 6.06. The topological polar surface area (TPSA) is 65.4 Å². The molecule has 1 aromatic heterocycles. The molecule has 3 aromatic rings. The first-order valence-electron chi connectivity index (χ1n) is 9.67. The number of carbonyl (C=O) groups excluding carboxylic acids is 1. The summed E-state index contributed by atoms with van der Waals surface area (Å²) >= 11 is 0. The van der Waals surface area contributed by atoms with Crippen molar-refractivity contribution in [1.29, 1.82) is 0 Å². The number of hydrogen-bond donors (Lipinski definition) is 1. The summed E-state index contributed by atoms with van der Waals surface area (Å²) in [6.07, 6.45) is 0. The molecule has 0 aliphatic carbocycles. The first-order chi connectivity index (χ1) is 15.1. The minimum absolute atomic E-state index is 0.0313. The highest BCUT2D eigenvalue weighted by Crippen LogP contribution is 2.31. The summed E-state index contributed by atoms with van der Waals surface area (Å²) in [4.78, 5) is 13.0. The molecule has 0 aliphatic heterocycles. The van der Waals surface area contributed by atoms with Crippen molar-refractivity contribution in [3.63, 3.8) is 0 Å². The van der Waals surface area contributed by atoms with Crippen molar-refractivity contribution in [3.05, 3.63) is 65.4 Å². The average molecular weight is 451 g/mol. The van der Waals surface area contributed by atoms with Gasteiger partial charge in [-0.1, -0.05) is 12.1 Å². The lowest BCUT2D eigenvalue weighted by atomic mass is 10.1. The molecule has 0 saturated carbocycles. The number of carbonyl (C=O) groups is 1. The summed E-state index contributed by atoms with van der Waals surface area (Å²) in [6, 6.07) is 11.0. The number of halogens is 4. The van der Waals surface area contributed by atoms with Crippen LogP contribution in [0.5, 0.6) is 11.6 Å². The molecular weight excluding hydrogens is 430 g/mol. The van der Waals surface area contributed by atoms with Gasteiger partial charge in [-0.25, -0.2) is 13.5 Å². The van der Waals surface area contributed by atoms with Crippen molar-refractivity contribution in [2.24, 2.45) is 0 Å². The summed E-state index contributed by atoms with van der Waals surface area (Å²) < 4.78 is 63.3. The molecule has 1 N–H and O–H groups in total. The van der Waals surface area contributed by atoms with E-state index in [2.05, 4.69) is 15.2 Å². The quantitative estimate of drug-likeness (QED) is 0.457. The Morgan fingerprint density at radius 2 is 1.88 bits per heavy atom. The van der Waals surface area contributed by atoms with Crippen LogP contribution in [0.3, 0.4) is 0 Å². The van der Waals surface area contributed by atoms with Gasteiger partial charge < -0.3 is 14.8 Å². The van der Waals surface area contributed by atoms with Crippen LogP contribution in [-0.2, 0) is 5.92 Å². The van der Waals surface area contributed by atoms with Crippen molar-refractivity contribution < 1.29 is 31.8 Å². The van der Waals surface area contributed by atoms with Crippen molar-refractivity contribution in [2.75, 3.05) is 11.9 Å². The Bertz CT molecular complexity index is 1090. The van der Waals surface area contributed by atoms with E-state index in [-0.39, 0.29) is 35.1 Å². The van der Waals surface area contributed by atoms with E-state index >= 15 is 0 Å².